The molecule has 0 bridgehead atoms. The van der Waals surface area contributed by atoms with E-state index >= 15 is 0 Å². The Hall–Kier alpha value is -1.07. The van der Waals surface area contributed by atoms with Crippen molar-refractivity contribution in [2.24, 2.45) is 0 Å². The van der Waals surface area contributed by atoms with Crippen molar-refractivity contribution in [2.45, 2.75) is 0 Å². The van der Waals surface area contributed by atoms with E-state index in [1.807, 2.05) is 0 Å². The summed E-state index contributed by atoms with van der Waals surface area (Å²) in [6.07, 6.45) is 2.15. The number of halogens is 2. The van der Waals surface area contributed by atoms with Crippen LogP contribution in [0.25, 0.3) is 10.6 Å². The Kier molecular flexibility index (Phi) is 2.93. The zero-order valence-electron chi connectivity index (χ0n) is 7.41. The van der Waals surface area contributed by atoms with Crippen LogP contribution in [0.15, 0.2) is 28.9 Å². The molecule has 0 radical (unpaired) electrons. The number of rotatable bonds is 2. The van der Waals surface area contributed by atoms with Crippen LogP contribution in [0.3, 0.4) is 0 Å². The quantitative estimate of drug-likeness (QED) is 0.790. The highest BCUT2D eigenvalue weighted by Crippen LogP contribution is 2.28. The molecule has 0 aliphatic rings. The van der Waals surface area contributed by atoms with Gasteiger partial charge in [-0.25, -0.2) is 9.37 Å². The summed E-state index contributed by atoms with van der Waals surface area (Å²) in [4.78, 5) is 14.9. The number of nitrogens with zero attached hydrogens (tertiary/aromatic N) is 1. The predicted octanol–water partition coefficient (Wildman–Crippen LogP) is 3.52. The molecule has 15 heavy (non-hydrogen) atoms. The third-order valence-electron chi connectivity index (χ3n) is 1.80. The van der Waals surface area contributed by atoms with E-state index in [1.54, 1.807) is 12.1 Å². The molecular formula is C10H5BrFNOS. The van der Waals surface area contributed by atoms with Crippen LogP contribution in [-0.4, -0.2) is 11.3 Å². The SMILES string of the molecule is O=Cc1cnc(-c2ccc(Br)cc2F)s1. The van der Waals surface area contributed by atoms with Crippen molar-refractivity contribution in [1.82, 2.24) is 4.98 Å². The van der Waals surface area contributed by atoms with Gasteiger partial charge in [0.1, 0.15) is 10.8 Å². The zero-order valence-corrected chi connectivity index (χ0v) is 9.81. The van der Waals surface area contributed by atoms with Gasteiger partial charge < -0.3 is 0 Å². The maximum absolute atomic E-state index is 13.5. The minimum Gasteiger partial charge on any atom is -0.297 e. The number of hydrogen-bond donors (Lipinski definition) is 0. The molecule has 1 aromatic carbocycles. The fourth-order valence-corrected chi connectivity index (χ4v) is 2.22. The Labute approximate surface area is 97.9 Å². The van der Waals surface area contributed by atoms with Crippen LogP contribution in [0, 0.1) is 5.82 Å². The van der Waals surface area contributed by atoms with E-state index in [1.165, 1.54) is 23.6 Å². The molecule has 0 saturated heterocycles. The fourth-order valence-electron chi connectivity index (χ4n) is 1.13. The molecule has 2 aromatic rings. The molecule has 0 amide bonds. The van der Waals surface area contributed by atoms with Gasteiger partial charge in [-0.05, 0) is 18.2 Å². The molecule has 1 aromatic heterocycles. The fraction of sp³-hybridized carbons (Fsp3) is 0. The average Bonchev–Trinajstić information content (AvgIpc) is 2.66. The average molecular weight is 286 g/mol. The van der Waals surface area contributed by atoms with Gasteiger partial charge in [-0.3, -0.25) is 4.79 Å². The summed E-state index contributed by atoms with van der Waals surface area (Å²) in [6, 6.07) is 4.74. The Morgan fingerprint density at radius 3 is 2.87 bits per heavy atom. The molecule has 2 rings (SSSR count). The van der Waals surface area contributed by atoms with Gasteiger partial charge in [-0.15, -0.1) is 11.3 Å². The van der Waals surface area contributed by atoms with Gasteiger partial charge >= 0.3 is 0 Å². The van der Waals surface area contributed by atoms with E-state index < -0.39 is 0 Å². The van der Waals surface area contributed by atoms with Crippen molar-refractivity contribution in [3.05, 3.63) is 39.6 Å². The normalized spacial score (nSPS) is 10.3. The molecule has 0 atom stereocenters. The molecular weight excluding hydrogens is 281 g/mol. The molecule has 0 aliphatic carbocycles. The molecule has 0 N–H and O–H groups in total. The maximum atomic E-state index is 13.5. The van der Waals surface area contributed by atoms with Crippen molar-refractivity contribution in [3.8, 4) is 10.6 Å². The molecule has 0 spiro atoms. The summed E-state index contributed by atoms with van der Waals surface area (Å²) >= 11 is 4.35. The first-order chi connectivity index (χ1) is 7.20. The van der Waals surface area contributed by atoms with Crippen molar-refractivity contribution >= 4 is 33.6 Å². The summed E-state index contributed by atoms with van der Waals surface area (Å²) in [5.74, 6) is -0.351. The Morgan fingerprint density at radius 1 is 1.47 bits per heavy atom. The number of benzene rings is 1. The number of carbonyl (C=O) groups excluding carboxylic acids is 1. The number of carbonyl (C=O) groups is 1. The van der Waals surface area contributed by atoms with Crippen LogP contribution >= 0.6 is 27.3 Å². The Balaban J connectivity index is 2.49. The standard InChI is InChI=1S/C10H5BrFNOS/c11-6-1-2-8(9(12)3-6)10-13-4-7(5-14)15-10/h1-5H. The Morgan fingerprint density at radius 2 is 2.27 bits per heavy atom. The van der Waals surface area contributed by atoms with E-state index in [4.69, 9.17) is 0 Å². The first-order valence-corrected chi connectivity index (χ1v) is 5.68. The third kappa shape index (κ3) is 2.13. The highest BCUT2D eigenvalue weighted by molar-refractivity contribution is 9.10. The smallest absolute Gasteiger partial charge is 0.161 e. The second-order valence-corrected chi connectivity index (χ2v) is 4.79. The van der Waals surface area contributed by atoms with E-state index in [0.29, 0.717) is 26.2 Å². The monoisotopic (exact) mass is 285 g/mol. The second kappa shape index (κ2) is 4.20. The number of thiazole rings is 1. The van der Waals surface area contributed by atoms with E-state index in [0.717, 1.165) is 0 Å². The summed E-state index contributed by atoms with van der Waals surface area (Å²) in [6.45, 7) is 0. The van der Waals surface area contributed by atoms with Crippen molar-refractivity contribution < 1.29 is 9.18 Å². The third-order valence-corrected chi connectivity index (χ3v) is 3.25. The first-order valence-electron chi connectivity index (χ1n) is 4.07. The summed E-state index contributed by atoms with van der Waals surface area (Å²) < 4.78 is 14.2. The molecule has 0 saturated carbocycles. The van der Waals surface area contributed by atoms with Gasteiger partial charge in [0.15, 0.2) is 6.29 Å². The van der Waals surface area contributed by atoms with Gasteiger partial charge in [0, 0.05) is 16.2 Å². The van der Waals surface area contributed by atoms with Gasteiger partial charge in [-0.2, -0.15) is 0 Å². The molecule has 0 aliphatic heterocycles. The lowest BCUT2D eigenvalue weighted by Crippen LogP contribution is -1.82. The van der Waals surface area contributed by atoms with Gasteiger partial charge in [0.05, 0.1) is 4.88 Å². The molecule has 0 unspecified atom stereocenters. The lowest BCUT2D eigenvalue weighted by Gasteiger charge is -1.98. The number of aldehydes is 1. The van der Waals surface area contributed by atoms with Crippen LogP contribution in [0.4, 0.5) is 4.39 Å². The molecule has 5 heteroatoms. The number of hydrogen-bond acceptors (Lipinski definition) is 3. The topological polar surface area (TPSA) is 30.0 Å². The van der Waals surface area contributed by atoms with Crippen LogP contribution in [0.1, 0.15) is 9.67 Å². The van der Waals surface area contributed by atoms with Crippen molar-refractivity contribution in [1.29, 1.82) is 0 Å². The second-order valence-electron chi connectivity index (χ2n) is 2.81. The highest BCUT2D eigenvalue weighted by Gasteiger charge is 2.09. The lowest BCUT2D eigenvalue weighted by molar-refractivity contribution is 0.112. The minimum absolute atomic E-state index is 0.351. The van der Waals surface area contributed by atoms with Gasteiger partial charge in [-0.1, -0.05) is 15.9 Å². The summed E-state index contributed by atoms with van der Waals surface area (Å²) in [7, 11) is 0. The minimum atomic E-state index is -0.351. The zero-order chi connectivity index (χ0) is 10.8. The molecule has 2 nitrogen and oxygen atoms in total. The predicted molar refractivity (Wildman–Crippen MR) is 60.6 cm³/mol. The largest absolute Gasteiger partial charge is 0.297 e. The molecule has 0 fully saturated rings. The van der Waals surface area contributed by atoms with Crippen LogP contribution in [-0.2, 0) is 0 Å². The van der Waals surface area contributed by atoms with Crippen molar-refractivity contribution in [3.63, 3.8) is 0 Å². The van der Waals surface area contributed by atoms with E-state index in [2.05, 4.69) is 20.9 Å². The van der Waals surface area contributed by atoms with E-state index in [-0.39, 0.29) is 5.82 Å². The molecule has 1 heterocycles. The van der Waals surface area contributed by atoms with Crippen LogP contribution in [0.5, 0.6) is 0 Å². The lowest BCUT2D eigenvalue weighted by atomic mass is 10.2. The molecule has 76 valence electrons. The van der Waals surface area contributed by atoms with Crippen LogP contribution in [0.2, 0.25) is 0 Å². The highest BCUT2D eigenvalue weighted by atomic mass is 79.9. The van der Waals surface area contributed by atoms with Crippen LogP contribution < -0.4 is 0 Å². The summed E-state index contributed by atoms with van der Waals surface area (Å²) in [5, 5.41) is 0.516. The number of aromatic nitrogens is 1. The van der Waals surface area contributed by atoms with Gasteiger partial charge in [0.25, 0.3) is 0 Å². The maximum Gasteiger partial charge on any atom is 0.161 e. The van der Waals surface area contributed by atoms with Crippen molar-refractivity contribution in [2.75, 3.05) is 0 Å². The van der Waals surface area contributed by atoms with Gasteiger partial charge in [0.2, 0.25) is 0 Å². The summed E-state index contributed by atoms with van der Waals surface area (Å²) in [5.41, 5.74) is 0.413. The van der Waals surface area contributed by atoms with E-state index in [9.17, 15) is 9.18 Å². The first kappa shape index (κ1) is 10.4. The Bertz CT molecular complexity index is 512.